The van der Waals surface area contributed by atoms with E-state index in [-0.39, 0.29) is 42.4 Å². The number of hydrogen-bond acceptors (Lipinski definition) is 7. The molecule has 1 unspecified atom stereocenters. The predicted molar refractivity (Wildman–Crippen MR) is 133 cm³/mol. The number of piperazine rings is 1. The van der Waals surface area contributed by atoms with E-state index in [1.165, 1.54) is 6.33 Å². The van der Waals surface area contributed by atoms with Crippen molar-refractivity contribution in [1.29, 1.82) is 0 Å². The second-order valence-electron chi connectivity index (χ2n) is 9.56. The van der Waals surface area contributed by atoms with Crippen molar-refractivity contribution in [3.05, 3.63) is 41.2 Å². The van der Waals surface area contributed by atoms with Gasteiger partial charge in [0.1, 0.15) is 12.0 Å². The summed E-state index contributed by atoms with van der Waals surface area (Å²) in [6.45, 7) is 6.33. The van der Waals surface area contributed by atoms with E-state index in [0.29, 0.717) is 30.5 Å². The van der Waals surface area contributed by atoms with Crippen LogP contribution in [0.3, 0.4) is 0 Å². The van der Waals surface area contributed by atoms with Gasteiger partial charge in [0, 0.05) is 37.7 Å². The molecule has 0 radical (unpaired) electrons. The van der Waals surface area contributed by atoms with E-state index in [0.717, 1.165) is 23.5 Å². The zero-order valence-electron chi connectivity index (χ0n) is 19.7. The number of rotatable bonds is 6. The number of benzene rings is 1. The highest BCUT2D eigenvalue weighted by atomic mass is 35.5. The minimum absolute atomic E-state index is 0.0809. The van der Waals surface area contributed by atoms with Gasteiger partial charge in [0.2, 0.25) is 11.8 Å². The first-order valence-corrected chi connectivity index (χ1v) is 12.1. The molecule has 34 heavy (non-hydrogen) atoms. The summed E-state index contributed by atoms with van der Waals surface area (Å²) in [4.78, 5) is 40.7. The number of nitrogens with zero attached hydrogens (tertiary/aromatic N) is 5. The van der Waals surface area contributed by atoms with Crippen LogP contribution < -0.4 is 20.4 Å². The largest absolute Gasteiger partial charge is 0.359 e. The monoisotopic (exact) mass is 483 g/mol. The number of nitrogens with one attached hydrogen (secondary N) is 2. The summed E-state index contributed by atoms with van der Waals surface area (Å²) in [6.07, 6.45) is 2.40. The van der Waals surface area contributed by atoms with Crippen LogP contribution in [0.2, 0.25) is 5.02 Å². The van der Waals surface area contributed by atoms with Gasteiger partial charge in [-0.05, 0) is 24.1 Å². The van der Waals surface area contributed by atoms with Crippen LogP contribution in [0.4, 0.5) is 17.3 Å². The molecule has 180 valence electrons. The quantitative estimate of drug-likeness (QED) is 0.649. The first kappa shape index (κ1) is 22.9. The molecule has 3 heterocycles. The van der Waals surface area contributed by atoms with Crippen LogP contribution >= 0.6 is 11.6 Å². The number of fused-ring (bicyclic) bond motifs is 2. The predicted octanol–water partition coefficient (Wildman–Crippen LogP) is 2.09. The normalized spacial score (nSPS) is 22.3. The van der Waals surface area contributed by atoms with Crippen molar-refractivity contribution in [1.82, 2.24) is 20.2 Å². The zero-order chi connectivity index (χ0) is 24.0. The Bertz CT molecular complexity index is 1090. The highest BCUT2D eigenvalue weighted by molar-refractivity contribution is 6.30. The van der Waals surface area contributed by atoms with E-state index in [4.69, 9.17) is 11.6 Å². The number of carbonyl (C=O) groups is 2. The maximum Gasteiger partial charge on any atom is 0.245 e. The molecule has 0 bridgehead atoms. The van der Waals surface area contributed by atoms with Gasteiger partial charge < -0.3 is 25.3 Å². The van der Waals surface area contributed by atoms with Crippen molar-refractivity contribution in [2.24, 2.45) is 0 Å². The lowest BCUT2D eigenvalue weighted by atomic mass is 9.96. The van der Waals surface area contributed by atoms with Gasteiger partial charge in [-0.25, -0.2) is 9.97 Å². The minimum Gasteiger partial charge on any atom is -0.359 e. The zero-order valence-corrected chi connectivity index (χ0v) is 20.4. The van der Waals surface area contributed by atoms with E-state index in [9.17, 15) is 9.59 Å². The van der Waals surface area contributed by atoms with Gasteiger partial charge in [-0.2, -0.15) is 0 Å². The Kier molecular flexibility index (Phi) is 6.07. The molecule has 1 aromatic heterocycles. The molecule has 3 aliphatic rings. The van der Waals surface area contributed by atoms with Gasteiger partial charge in [0.15, 0.2) is 11.6 Å². The van der Waals surface area contributed by atoms with Crippen molar-refractivity contribution in [2.45, 2.75) is 44.3 Å². The lowest BCUT2D eigenvalue weighted by molar-refractivity contribution is -0.133. The van der Waals surface area contributed by atoms with Crippen LogP contribution in [0.1, 0.15) is 31.7 Å². The fourth-order valence-electron chi connectivity index (χ4n) is 5.01. The number of anilines is 3. The first-order valence-electron chi connectivity index (χ1n) is 11.8. The van der Waals surface area contributed by atoms with Crippen LogP contribution in [-0.4, -0.2) is 78.0 Å². The number of likely N-dealkylation sites (N-methyl/N-ethyl adjacent to an activating group) is 1. The van der Waals surface area contributed by atoms with Gasteiger partial charge in [0.25, 0.3) is 0 Å². The number of hydrogen-bond donors (Lipinski definition) is 2. The highest BCUT2D eigenvalue weighted by Crippen LogP contribution is 2.44. The molecular formula is C24H30ClN7O2. The second kappa shape index (κ2) is 9.03. The third-order valence-electron chi connectivity index (χ3n) is 6.79. The lowest BCUT2D eigenvalue weighted by Crippen LogP contribution is -2.52. The third kappa shape index (κ3) is 4.30. The smallest absolute Gasteiger partial charge is 0.245 e. The SMILES string of the molecule is CC(C)NC[C@@H](C(=O)N1CCN(c2ncnc3c2N(C)CC(=O)N3)[C@H]2CC21)c1ccc(Cl)cc1. The molecule has 1 aliphatic carbocycles. The number of halogens is 1. The van der Waals surface area contributed by atoms with Crippen LogP contribution in [0.25, 0.3) is 0 Å². The Morgan fingerprint density at radius 1 is 1.21 bits per heavy atom. The topological polar surface area (TPSA) is 93.7 Å². The third-order valence-corrected chi connectivity index (χ3v) is 7.04. The standard InChI is InChI=1S/C24H30ClN7O2/c1-14(2)26-11-17(15-4-6-16(25)7-5-15)24(34)32-9-8-31(18-10-19(18)32)23-21-22(27-13-28-23)29-20(33)12-30(21)3/h4-7,13-14,17-19,26H,8-12H2,1-3H3,(H,27,28,29,33)/t17-,18+,19?/m1/s1. The molecular weight excluding hydrogens is 454 g/mol. The molecule has 9 nitrogen and oxygen atoms in total. The van der Waals surface area contributed by atoms with Crippen LogP contribution in [0, 0.1) is 0 Å². The molecule has 2 aromatic rings. The van der Waals surface area contributed by atoms with Crippen LogP contribution in [0.5, 0.6) is 0 Å². The van der Waals surface area contributed by atoms with Crippen molar-refractivity contribution in [3.8, 4) is 0 Å². The van der Waals surface area contributed by atoms with E-state index in [2.05, 4.69) is 39.3 Å². The minimum atomic E-state index is -0.263. The van der Waals surface area contributed by atoms with Gasteiger partial charge in [-0.15, -0.1) is 0 Å². The summed E-state index contributed by atoms with van der Waals surface area (Å²) < 4.78 is 0. The van der Waals surface area contributed by atoms with E-state index in [1.54, 1.807) is 0 Å². The summed E-state index contributed by atoms with van der Waals surface area (Å²) in [5.41, 5.74) is 1.82. The van der Waals surface area contributed by atoms with Crippen molar-refractivity contribution < 1.29 is 9.59 Å². The Labute approximate surface area is 204 Å². The molecule has 2 amide bonds. The molecule has 1 saturated carbocycles. The van der Waals surface area contributed by atoms with Crippen molar-refractivity contribution >= 4 is 40.7 Å². The highest BCUT2D eigenvalue weighted by Gasteiger charge is 2.52. The van der Waals surface area contributed by atoms with E-state index >= 15 is 0 Å². The maximum atomic E-state index is 13.8. The van der Waals surface area contributed by atoms with Gasteiger partial charge in [-0.1, -0.05) is 37.6 Å². The molecule has 10 heteroatoms. The van der Waals surface area contributed by atoms with Gasteiger partial charge in [-0.3, -0.25) is 9.59 Å². The Morgan fingerprint density at radius 3 is 2.71 bits per heavy atom. The van der Waals surface area contributed by atoms with E-state index in [1.807, 2.05) is 41.1 Å². The maximum absolute atomic E-state index is 13.8. The number of aromatic nitrogens is 2. The lowest BCUT2D eigenvalue weighted by Gasteiger charge is -2.39. The average molecular weight is 484 g/mol. The Morgan fingerprint density at radius 2 is 1.97 bits per heavy atom. The number of amides is 2. The van der Waals surface area contributed by atoms with Gasteiger partial charge in [0.05, 0.1) is 24.5 Å². The Balaban J connectivity index is 1.35. The average Bonchev–Trinajstić information content (AvgIpc) is 3.60. The fraction of sp³-hybridized carbons (Fsp3) is 0.500. The summed E-state index contributed by atoms with van der Waals surface area (Å²) in [5, 5.41) is 6.95. The first-order chi connectivity index (χ1) is 16.3. The molecule has 1 saturated heterocycles. The van der Waals surface area contributed by atoms with Crippen molar-refractivity contribution in [2.75, 3.05) is 48.3 Å². The Hall–Kier alpha value is -2.91. The summed E-state index contributed by atoms with van der Waals surface area (Å²) in [5.74, 6) is 1.17. The summed E-state index contributed by atoms with van der Waals surface area (Å²) in [7, 11) is 1.88. The van der Waals surface area contributed by atoms with E-state index < -0.39 is 0 Å². The summed E-state index contributed by atoms with van der Waals surface area (Å²) >= 11 is 6.09. The van der Waals surface area contributed by atoms with Crippen molar-refractivity contribution in [3.63, 3.8) is 0 Å². The molecule has 3 atom stereocenters. The molecule has 1 aromatic carbocycles. The second-order valence-corrected chi connectivity index (χ2v) is 10.00. The van der Waals surface area contributed by atoms with Crippen LogP contribution in [-0.2, 0) is 9.59 Å². The number of carbonyl (C=O) groups excluding carboxylic acids is 2. The van der Waals surface area contributed by atoms with Crippen LogP contribution in [0.15, 0.2) is 30.6 Å². The summed E-state index contributed by atoms with van der Waals surface area (Å²) in [6, 6.07) is 8.25. The molecule has 2 aliphatic heterocycles. The molecule has 2 N–H and O–H groups in total. The molecule has 0 spiro atoms. The fourth-order valence-corrected chi connectivity index (χ4v) is 5.13. The molecule has 2 fully saturated rings. The molecule has 5 rings (SSSR count). The van der Waals surface area contributed by atoms with Gasteiger partial charge >= 0.3 is 0 Å².